The van der Waals surface area contributed by atoms with Crippen LogP contribution in [0.3, 0.4) is 0 Å². The largest absolute Gasteiger partial charge is 0.316 e. The lowest BCUT2D eigenvalue weighted by Gasteiger charge is -2.05. The Labute approximate surface area is 151 Å². The Kier molecular flexibility index (Phi) is 5.62. The van der Waals surface area contributed by atoms with Crippen molar-refractivity contribution in [2.75, 3.05) is 5.32 Å². The molecule has 0 atom stereocenters. The van der Waals surface area contributed by atoms with E-state index in [-0.39, 0.29) is 22.0 Å². The highest BCUT2D eigenvalue weighted by Crippen LogP contribution is 2.28. The zero-order valence-electron chi connectivity index (χ0n) is 12.9. The second kappa shape index (κ2) is 7.87. The highest BCUT2D eigenvalue weighted by Gasteiger charge is 2.18. The minimum Gasteiger partial charge on any atom is -0.316 e. The molecule has 0 aliphatic carbocycles. The number of halogens is 1. The molecule has 26 heavy (non-hydrogen) atoms. The molecule has 0 heterocycles. The van der Waals surface area contributed by atoms with E-state index in [4.69, 9.17) is 16.9 Å². The van der Waals surface area contributed by atoms with Crippen molar-refractivity contribution in [1.82, 2.24) is 0 Å². The van der Waals surface area contributed by atoms with Gasteiger partial charge in [-0.3, -0.25) is 25.0 Å². The third-order valence-corrected chi connectivity index (χ3v) is 3.42. The summed E-state index contributed by atoms with van der Waals surface area (Å²) < 4.78 is 0. The molecule has 0 aliphatic rings. The highest BCUT2D eigenvalue weighted by molar-refractivity contribution is 6.31. The third-order valence-electron chi connectivity index (χ3n) is 3.18. The maximum absolute atomic E-state index is 12.2. The zero-order valence-corrected chi connectivity index (χ0v) is 13.6. The van der Waals surface area contributed by atoms with E-state index in [1.54, 1.807) is 6.07 Å². The summed E-state index contributed by atoms with van der Waals surface area (Å²) in [5, 5.41) is 33.2. The Morgan fingerprint density at radius 1 is 1.12 bits per heavy atom. The average Bonchev–Trinajstić information content (AvgIpc) is 2.61. The number of carbonyl (C=O) groups is 1. The molecule has 2 aromatic rings. The van der Waals surface area contributed by atoms with E-state index in [2.05, 4.69) is 5.32 Å². The van der Waals surface area contributed by atoms with Crippen molar-refractivity contribution in [3.8, 4) is 6.07 Å². The minimum atomic E-state index is -0.865. The summed E-state index contributed by atoms with van der Waals surface area (Å²) in [6.07, 6.45) is 1.21. The van der Waals surface area contributed by atoms with Gasteiger partial charge in [-0.25, -0.2) is 0 Å². The number of anilines is 1. The number of hydrogen-bond acceptors (Lipinski definition) is 6. The van der Waals surface area contributed by atoms with Gasteiger partial charge >= 0.3 is 0 Å². The van der Waals surface area contributed by atoms with Crippen LogP contribution in [-0.2, 0) is 4.79 Å². The average molecular weight is 373 g/mol. The first-order valence-electron chi connectivity index (χ1n) is 6.93. The molecule has 0 radical (unpaired) electrons. The number of nitrogens with zero attached hydrogens (tertiary/aromatic N) is 3. The van der Waals surface area contributed by atoms with Gasteiger partial charge in [0, 0.05) is 23.2 Å². The summed E-state index contributed by atoms with van der Waals surface area (Å²) in [7, 11) is 0. The van der Waals surface area contributed by atoms with Crippen molar-refractivity contribution in [2.24, 2.45) is 0 Å². The lowest BCUT2D eigenvalue weighted by Crippen LogP contribution is -2.14. The van der Waals surface area contributed by atoms with Crippen LogP contribution in [0.5, 0.6) is 0 Å². The van der Waals surface area contributed by atoms with Crippen LogP contribution in [0.15, 0.2) is 48.0 Å². The van der Waals surface area contributed by atoms with Crippen molar-refractivity contribution in [3.63, 3.8) is 0 Å². The molecular formula is C16H9ClN4O5. The molecule has 0 spiro atoms. The molecule has 130 valence electrons. The molecule has 2 rings (SSSR count). The van der Waals surface area contributed by atoms with E-state index in [0.717, 1.165) is 6.07 Å². The highest BCUT2D eigenvalue weighted by atomic mass is 35.5. The molecule has 10 heteroatoms. The van der Waals surface area contributed by atoms with Crippen LogP contribution in [0.2, 0.25) is 5.02 Å². The van der Waals surface area contributed by atoms with Gasteiger partial charge in [-0.2, -0.15) is 5.26 Å². The van der Waals surface area contributed by atoms with Gasteiger partial charge in [0.15, 0.2) is 0 Å². The second-order valence-electron chi connectivity index (χ2n) is 4.89. The first-order chi connectivity index (χ1) is 12.3. The third kappa shape index (κ3) is 4.40. The maximum atomic E-state index is 12.2. The van der Waals surface area contributed by atoms with Gasteiger partial charge in [0.05, 0.1) is 9.85 Å². The number of amides is 1. The minimum absolute atomic E-state index is 0.116. The molecule has 0 saturated heterocycles. The van der Waals surface area contributed by atoms with Crippen LogP contribution in [0, 0.1) is 31.6 Å². The monoisotopic (exact) mass is 372 g/mol. The summed E-state index contributed by atoms with van der Waals surface area (Å²) in [6, 6.07) is 10.6. The van der Waals surface area contributed by atoms with Crippen LogP contribution in [-0.4, -0.2) is 15.8 Å². The van der Waals surface area contributed by atoms with Gasteiger partial charge in [0.25, 0.3) is 17.3 Å². The first-order valence-corrected chi connectivity index (χ1v) is 7.31. The number of benzene rings is 2. The van der Waals surface area contributed by atoms with Crippen LogP contribution in [0.4, 0.5) is 17.1 Å². The predicted octanol–water partition coefficient (Wildman–Crippen LogP) is 3.70. The SMILES string of the molecule is N#C/C(=C\c1ccc([N+](=O)[O-])cc1)C(=O)Nc1ccc(Cl)cc1[N+](=O)[O-]. The van der Waals surface area contributed by atoms with E-state index in [9.17, 15) is 25.0 Å². The van der Waals surface area contributed by atoms with Gasteiger partial charge in [-0.05, 0) is 35.9 Å². The van der Waals surface area contributed by atoms with Crippen LogP contribution in [0.1, 0.15) is 5.56 Å². The Balaban J connectivity index is 2.28. The van der Waals surface area contributed by atoms with Gasteiger partial charge in [0.2, 0.25) is 0 Å². The van der Waals surface area contributed by atoms with Crippen molar-refractivity contribution in [2.45, 2.75) is 0 Å². The summed E-state index contributed by atoms with van der Waals surface area (Å²) in [5.41, 5.74) is -0.620. The summed E-state index contributed by atoms with van der Waals surface area (Å²) in [6.45, 7) is 0. The first kappa shape index (κ1) is 18.6. The van der Waals surface area contributed by atoms with Crippen LogP contribution in [0.25, 0.3) is 6.08 Å². The number of non-ortho nitro benzene ring substituents is 1. The number of nitro benzene ring substituents is 2. The number of rotatable bonds is 5. The van der Waals surface area contributed by atoms with Crippen molar-refractivity contribution < 1.29 is 14.6 Å². The fourth-order valence-electron chi connectivity index (χ4n) is 1.96. The van der Waals surface area contributed by atoms with Gasteiger partial charge in [-0.15, -0.1) is 0 Å². The Morgan fingerprint density at radius 3 is 2.31 bits per heavy atom. The molecule has 0 bridgehead atoms. The normalized spacial score (nSPS) is 10.7. The van der Waals surface area contributed by atoms with Crippen LogP contribution >= 0.6 is 11.6 Å². The maximum Gasteiger partial charge on any atom is 0.294 e. The number of nitrogens with one attached hydrogen (secondary N) is 1. The van der Waals surface area contributed by atoms with Gasteiger partial charge < -0.3 is 5.32 Å². The summed E-state index contributed by atoms with van der Waals surface area (Å²) in [5.74, 6) is -0.865. The van der Waals surface area contributed by atoms with E-state index in [0.29, 0.717) is 5.56 Å². The standard InChI is InChI=1S/C16H9ClN4O5/c17-12-3-6-14(15(8-12)21(25)26)19-16(22)11(9-18)7-10-1-4-13(5-2-10)20(23)24/h1-8H,(H,19,22)/b11-7+. The number of nitriles is 1. The summed E-state index contributed by atoms with van der Waals surface area (Å²) in [4.78, 5) is 32.6. The van der Waals surface area contributed by atoms with Crippen LogP contribution < -0.4 is 5.32 Å². The van der Waals surface area contributed by atoms with E-state index < -0.39 is 21.4 Å². The van der Waals surface area contributed by atoms with E-state index >= 15 is 0 Å². The molecule has 0 fully saturated rings. The molecule has 2 aromatic carbocycles. The Hall–Kier alpha value is -3.77. The van der Waals surface area contributed by atoms with Gasteiger partial charge in [0.1, 0.15) is 17.3 Å². The molecule has 0 saturated carbocycles. The second-order valence-corrected chi connectivity index (χ2v) is 5.33. The van der Waals surface area contributed by atoms with Crippen molar-refractivity contribution >= 4 is 40.6 Å². The number of carbonyl (C=O) groups excluding carboxylic acids is 1. The zero-order chi connectivity index (χ0) is 19.3. The quantitative estimate of drug-likeness (QED) is 0.367. The Bertz CT molecular complexity index is 964. The molecule has 0 unspecified atom stereocenters. The lowest BCUT2D eigenvalue weighted by atomic mass is 10.1. The fraction of sp³-hybridized carbons (Fsp3) is 0. The number of hydrogen-bond donors (Lipinski definition) is 1. The Morgan fingerprint density at radius 2 is 1.77 bits per heavy atom. The molecule has 0 aromatic heterocycles. The molecule has 0 aliphatic heterocycles. The molecular weight excluding hydrogens is 364 g/mol. The van der Waals surface area contributed by atoms with Gasteiger partial charge in [-0.1, -0.05) is 11.6 Å². The number of nitro groups is 2. The smallest absolute Gasteiger partial charge is 0.294 e. The molecule has 1 N–H and O–H groups in total. The molecule has 9 nitrogen and oxygen atoms in total. The topological polar surface area (TPSA) is 139 Å². The lowest BCUT2D eigenvalue weighted by molar-refractivity contribution is -0.384. The molecule has 1 amide bonds. The van der Waals surface area contributed by atoms with E-state index in [1.807, 2.05) is 0 Å². The van der Waals surface area contributed by atoms with Crippen molar-refractivity contribution in [3.05, 3.63) is 78.9 Å². The summed E-state index contributed by atoms with van der Waals surface area (Å²) >= 11 is 5.70. The fourth-order valence-corrected chi connectivity index (χ4v) is 2.13. The predicted molar refractivity (Wildman–Crippen MR) is 93.4 cm³/mol. The van der Waals surface area contributed by atoms with E-state index in [1.165, 1.54) is 42.5 Å². The van der Waals surface area contributed by atoms with Crippen molar-refractivity contribution in [1.29, 1.82) is 5.26 Å².